The first-order valence-electron chi connectivity index (χ1n) is 5.68. The number of carboxylic acids is 1. The summed E-state index contributed by atoms with van der Waals surface area (Å²) in [6, 6.07) is 8.97. The molecule has 0 aliphatic rings. The fourth-order valence-electron chi connectivity index (χ4n) is 1.72. The number of nitrogens with zero attached hydrogens (tertiary/aromatic N) is 5. The molecule has 100 valence electrons. The van der Waals surface area contributed by atoms with Crippen molar-refractivity contribution in [1.82, 2.24) is 25.2 Å². The molecule has 7 nitrogen and oxygen atoms in total. The molecular weight excluding hydrogens is 278 g/mol. The predicted molar refractivity (Wildman–Crippen MR) is 71.6 cm³/mol. The first-order valence-corrected chi connectivity index (χ1v) is 6.50. The maximum atomic E-state index is 11.4. The van der Waals surface area contributed by atoms with Gasteiger partial charge < -0.3 is 5.11 Å². The molecule has 0 aliphatic carbocycles. The molecular formula is C12H9N5O2S. The number of hydrogen-bond acceptors (Lipinski definition) is 6. The Morgan fingerprint density at radius 1 is 1.35 bits per heavy atom. The van der Waals surface area contributed by atoms with Gasteiger partial charge in [-0.3, -0.25) is 0 Å². The standard InChI is InChI=1S/C12H9N5O2S/c1-17-12(14-15-16-17)20-10-8(11(18)19)6-7-4-2-3-5-9(7)13-10/h2-6H,1H3,(H,18,19). The summed E-state index contributed by atoms with van der Waals surface area (Å²) in [6.07, 6.45) is 0. The molecule has 1 N–H and O–H groups in total. The summed E-state index contributed by atoms with van der Waals surface area (Å²) in [4.78, 5) is 15.8. The highest BCUT2D eigenvalue weighted by Gasteiger charge is 2.16. The van der Waals surface area contributed by atoms with Crippen LogP contribution < -0.4 is 0 Å². The van der Waals surface area contributed by atoms with E-state index in [4.69, 9.17) is 0 Å². The van der Waals surface area contributed by atoms with Gasteiger partial charge in [0, 0.05) is 12.4 Å². The molecule has 0 fully saturated rings. The summed E-state index contributed by atoms with van der Waals surface area (Å²) < 4.78 is 1.47. The average Bonchev–Trinajstić information content (AvgIpc) is 2.83. The summed E-state index contributed by atoms with van der Waals surface area (Å²) >= 11 is 1.13. The molecule has 0 saturated carbocycles. The Bertz CT molecular complexity index is 801. The largest absolute Gasteiger partial charge is 0.478 e. The van der Waals surface area contributed by atoms with Gasteiger partial charge in [0.25, 0.3) is 0 Å². The van der Waals surface area contributed by atoms with Gasteiger partial charge in [-0.1, -0.05) is 18.2 Å². The molecule has 0 atom stereocenters. The van der Waals surface area contributed by atoms with Crippen LogP contribution in [0.3, 0.4) is 0 Å². The molecule has 20 heavy (non-hydrogen) atoms. The lowest BCUT2D eigenvalue weighted by Gasteiger charge is -2.06. The summed E-state index contributed by atoms with van der Waals surface area (Å²) in [5, 5.41) is 22.0. The van der Waals surface area contributed by atoms with E-state index >= 15 is 0 Å². The van der Waals surface area contributed by atoms with Crippen LogP contribution >= 0.6 is 11.8 Å². The number of para-hydroxylation sites is 1. The Labute approximate surface area is 117 Å². The summed E-state index contributed by atoms with van der Waals surface area (Å²) in [6.45, 7) is 0. The highest BCUT2D eigenvalue weighted by atomic mass is 32.2. The van der Waals surface area contributed by atoms with Crippen molar-refractivity contribution >= 4 is 28.6 Å². The number of fused-ring (bicyclic) bond motifs is 1. The summed E-state index contributed by atoms with van der Waals surface area (Å²) in [5.74, 6) is -1.03. The Hall–Kier alpha value is -2.48. The van der Waals surface area contributed by atoms with Crippen molar-refractivity contribution in [3.05, 3.63) is 35.9 Å². The second kappa shape index (κ2) is 4.89. The van der Waals surface area contributed by atoms with Crippen molar-refractivity contribution in [2.24, 2.45) is 7.05 Å². The van der Waals surface area contributed by atoms with E-state index in [0.717, 1.165) is 22.7 Å². The molecule has 8 heteroatoms. The van der Waals surface area contributed by atoms with E-state index in [9.17, 15) is 9.90 Å². The number of aromatic carboxylic acids is 1. The van der Waals surface area contributed by atoms with Gasteiger partial charge in [0.2, 0.25) is 5.16 Å². The van der Waals surface area contributed by atoms with Gasteiger partial charge in [-0.05, 0) is 34.3 Å². The zero-order valence-electron chi connectivity index (χ0n) is 10.4. The molecule has 3 aromatic rings. The third-order valence-corrected chi connectivity index (χ3v) is 3.72. The van der Waals surface area contributed by atoms with E-state index in [2.05, 4.69) is 20.5 Å². The number of carbonyl (C=O) groups is 1. The smallest absolute Gasteiger partial charge is 0.338 e. The third-order valence-electron chi connectivity index (χ3n) is 2.69. The van der Waals surface area contributed by atoms with Crippen molar-refractivity contribution in [3.63, 3.8) is 0 Å². The van der Waals surface area contributed by atoms with Crippen LogP contribution in [0.2, 0.25) is 0 Å². The van der Waals surface area contributed by atoms with E-state index in [1.165, 1.54) is 4.68 Å². The van der Waals surface area contributed by atoms with E-state index in [0.29, 0.717) is 10.2 Å². The van der Waals surface area contributed by atoms with Gasteiger partial charge in [0.15, 0.2) is 0 Å². The minimum Gasteiger partial charge on any atom is -0.478 e. The molecule has 0 amide bonds. The topological polar surface area (TPSA) is 93.8 Å². The van der Waals surface area contributed by atoms with E-state index in [1.807, 2.05) is 24.3 Å². The Morgan fingerprint density at radius 2 is 2.15 bits per heavy atom. The van der Waals surface area contributed by atoms with Gasteiger partial charge in [-0.2, -0.15) is 0 Å². The van der Waals surface area contributed by atoms with Gasteiger partial charge in [0.1, 0.15) is 5.03 Å². The minimum absolute atomic E-state index is 0.136. The zero-order valence-corrected chi connectivity index (χ0v) is 11.2. The zero-order chi connectivity index (χ0) is 14.1. The van der Waals surface area contributed by atoms with Gasteiger partial charge >= 0.3 is 5.97 Å². The fourth-order valence-corrected chi connectivity index (χ4v) is 2.54. The fraction of sp³-hybridized carbons (Fsp3) is 0.0833. The van der Waals surface area contributed by atoms with Crippen LogP contribution in [0.4, 0.5) is 0 Å². The Morgan fingerprint density at radius 3 is 2.85 bits per heavy atom. The molecule has 0 bridgehead atoms. The monoisotopic (exact) mass is 287 g/mol. The second-order valence-electron chi connectivity index (χ2n) is 4.03. The summed E-state index contributed by atoms with van der Waals surface area (Å²) in [7, 11) is 1.68. The molecule has 0 radical (unpaired) electrons. The molecule has 1 aromatic carbocycles. The van der Waals surface area contributed by atoms with Crippen LogP contribution in [0.25, 0.3) is 10.9 Å². The molecule has 0 saturated heterocycles. The van der Waals surface area contributed by atoms with E-state index < -0.39 is 5.97 Å². The van der Waals surface area contributed by atoms with Gasteiger partial charge in [0.05, 0.1) is 11.1 Å². The Balaban J connectivity index is 2.14. The van der Waals surface area contributed by atoms with Crippen molar-refractivity contribution in [2.45, 2.75) is 10.2 Å². The van der Waals surface area contributed by atoms with Crippen LogP contribution in [0, 0.1) is 0 Å². The lowest BCUT2D eigenvalue weighted by molar-refractivity contribution is 0.0692. The number of tetrazole rings is 1. The molecule has 2 aromatic heterocycles. The number of benzene rings is 1. The maximum absolute atomic E-state index is 11.4. The first-order chi connectivity index (χ1) is 9.65. The Kier molecular flexibility index (Phi) is 3.07. The highest BCUT2D eigenvalue weighted by Crippen LogP contribution is 2.29. The molecule has 0 unspecified atom stereocenters. The second-order valence-corrected chi connectivity index (χ2v) is 4.98. The van der Waals surface area contributed by atoms with Crippen molar-refractivity contribution in [3.8, 4) is 0 Å². The molecule has 2 heterocycles. The highest BCUT2D eigenvalue weighted by molar-refractivity contribution is 7.99. The molecule has 0 aliphatic heterocycles. The number of aromatic nitrogens is 5. The van der Waals surface area contributed by atoms with E-state index in [1.54, 1.807) is 13.1 Å². The predicted octanol–water partition coefficient (Wildman–Crippen LogP) is 1.61. The lowest BCUT2D eigenvalue weighted by Crippen LogP contribution is -2.02. The number of pyridine rings is 1. The van der Waals surface area contributed by atoms with Gasteiger partial charge in [-0.15, -0.1) is 5.10 Å². The van der Waals surface area contributed by atoms with Crippen LogP contribution in [-0.2, 0) is 7.05 Å². The van der Waals surface area contributed by atoms with Crippen molar-refractivity contribution in [2.75, 3.05) is 0 Å². The van der Waals surface area contributed by atoms with Crippen molar-refractivity contribution in [1.29, 1.82) is 0 Å². The summed E-state index contributed by atoms with van der Waals surface area (Å²) in [5.41, 5.74) is 0.867. The van der Waals surface area contributed by atoms with Crippen molar-refractivity contribution < 1.29 is 9.90 Å². The van der Waals surface area contributed by atoms with Crippen LogP contribution in [-0.4, -0.2) is 36.3 Å². The first kappa shape index (κ1) is 12.5. The number of aryl methyl sites for hydroxylation is 1. The van der Waals surface area contributed by atoms with E-state index in [-0.39, 0.29) is 5.56 Å². The number of carboxylic acid groups (broad SMARTS) is 1. The molecule has 3 rings (SSSR count). The van der Waals surface area contributed by atoms with Crippen LogP contribution in [0.15, 0.2) is 40.5 Å². The van der Waals surface area contributed by atoms with Crippen LogP contribution in [0.1, 0.15) is 10.4 Å². The quantitative estimate of drug-likeness (QED) is 0.782. The van der Waals surface area contributed by atoms with Crippen LogP contribution in [0.5, 0.6) is 0 Å². The lowest BCUT2D eigenvalue weighted by atomic mass is 10.1. The number of rotatable bonds is 3. The third kappa shape index (κ3) is 2.21. The average molecular weight is 287 g/mol. The molecule has 0 spiro atoms. The minimum atomic E-state index is -1.03. The normalized spacial score (nSPS) is 10.8. The van der Waals surface area contributed by atoms with Gasteiger partial charge in [-0.25, -0.2) is 14.5 Å². The maximum Gasteiger partial charge on any atom is 0.338 e. The SMILES string of the molecule is Cn1nnnc1Sc1nc2ccccc2cc1C(=O)O. The number of hydrogen-bond donors (Lipinski definition) is 1.